The molecule has 0 aliphatic carbocycles. The summed E-state index contributed by atoms with van der Waals surface area (Å²) in [5.74, 6) is 5.24. The molecule has 90 valence electrons. The molecule has 0 fully saturated rings. The minimum atomic E-state index is 0.536. The van der Waals surface area contributed by atoms with Gasteiger partial charge in [-0.1, -0.05) is 41.6 Å². The Morgan fingerprint density at radius 3 is 2.44 bits per heavy atom. The molecule has 1 nitrogen and oxygen atoms in total. The zero-order valence-electron chi connectivity index (χ0n) is 9.82. The molecule has 1 aromatic carbocycles. The number of hydrogen-bond donors (Lipinski definition) is 0. The van der Waals surface area contributed by atoms with Crippen molar-refractivity contribution in [2.75, 3.05) is 13.1 Å². The van der Waals surface area contributed by atoms with Crippen LogP contribution in [0.5, 0.6) is 0 Å². The van der Waals surface area contributed by atoms with Crippen LogP contribution in [0.25, 0.3) is 10.1 Å². The predicted molar refractivity (Wildman–Crippen MR) is 79.8 cm³/mol. The van der Waals surface area contributed by atoms with Crippen LogP contribution in [0.4, 0.5) is 0 Å². The summed E-state index contributed by atoms with van der Waals surface area (Å²) in [5.41, 5.74) is 0. The maximum atomic E-state index is 6.38. The molecule has 0 N–H and O–H groups in total. The fourth-order valence-electron chi connectivity index (χ4n) is 1.80. The Hall–Kier alpha value is -1.45. The van der Waals surface area contributed by atoms with Gasteiger partial charge in [-0.25, -0.2) is 0 Å². The summed E-state index contributed by atoms with van der Waals surface area (Å²) < 4.78 is 1.19. The topological polar surface area (TPSA) is 3.24 Å². The molecule has 0 bridgehead atoms. The average molecular weight is 274 g/mol. The molecule has 0 atom stereocenters. The molecule has 1 aromatic heterocycles. The van der Waals surface area contributed by atoms with Crippen LogP contribution in [-0.2, 0) is 6.54 Å². The predicted octanol–water partition coefficient (Wildman–Crippen LogP) is 3.62. The Morgan fingerprint density at radius 2 is 1.83 bits per heavy atom. The van der Waals surface area contributed by atoms with Gasteiger partial charge in [0.05, 0.1) is 18.1 Å². The first-order chi connectivity index (χ1) is 8.76. The summed E-state index contributed by atoms with van der Waals surface area (Å²) in [6.45, 7) is 1.77. The second kappa shape index (κ2) is 5.94. The van der Waals surface area contributed by atoms with E-state index in [4.69, 9.17) is 24.4 Å². The smallest absolute Gasteiger partial charge is 0.0637 e. The zero-order valence-corrected chi connectivity index (χ0v) is 11.4. The van der Waals surface area contributed by atoms with E-state index in [0.717, 1.165) is 15.3 Å². The van der Waals surface area contributed by atoms with Crippen molar-refractivity contribution < 1.29 is 0 Å². The summed E-state index contributed by atoms with van der Waals surface area (Å²) in [6.07, 6.45) is 10.7. The Morgan fingerprint density at radius 1 is 1.17 bits per heavy atom. The van der Waals surface area contributed by atoms with E-state index in [2.05, 4.69) is 17.9 Å². The SMILES string of the molecule is C#CCN(CC#C)Cc1sc2ccccc2c1Cl. The van der Waals surface area contributed by atoms with Crippen molar-refractivity contribution in [3.8, 4) is 24.7 Å². The molecule has 18 heavy (non-hydrogen) atoms. The molecule has 1 heterocycles. The number of nitrogens with zero attached hydrogens (tertiary/aromatic N) is 1. The van der Waals surface area contributed by atoms with Crippen molar-refractivity contribution in [1.29, 1.82) is 0 Å². The van der Waals surface area contributed by atoms with Crippen molar-refractivity contribution >= 4 is 33.0 Å². The van der Waals surface area contributed by atoms with E-state index < -0.39 is 0 Å². The zero-order chi connectivity index (χ0) is 13.0. The Balaban J connectivity index is 2.28. The van der Waals surface area contributed by atoms with Gasteiger partial charge in [-0.15, -0.1) is 24.2 Å². The lowest BCUT2D eigenvalue weighted by molar-refractivity contribution is 0.341. The van der Waals surface area contributed by atoms with Gasteiger partial charge < -0.3 is 0 Å². The fraction of sp³-hybridized carbons (Fsp3) is 0.200. The average Bonchev–Trinajstić information content (AvgIpc) is 2.68. The molecular weight excluding hydrogens is 262 g/mol. The van der Waals surface area contributed by atoms with Gasteiger partial charge in [0, 0.05) is 21.5 Å². The highest BCUT2D eigenvalue weighted by Gasteiger charge is 2.12. The van der Waals surface area contributed by atoms with Crippen LogP contribution < -0.4 is 0 Å². The second-order valence-electron chi connectivity index (χ2n) is 3.89. The highest BCUT2D eigenvalue weighted by atomic mass is 35.5. The van der Waals surface area contributed by atoms with Crippen LogP contribution >= 0.6 is 22.9 Å². The summed E-state index contributed by atoms with van der Waals surface area (Å²) in [7, 11) is 0. The van der Waals surface area contributed by atoms with Crippen LogP contribution in [0.3, 0.4) is 0 Å². The number of hydrogen-bond acceptors (Lipinski definition) is 2. The minimum Gasteiger partial charge on any atom is -0.276 e. The third-order valence-electron chi connectivity index (χ3n) is 2.60. The summed E-state index contributed by atoms with van der Waals surface area (Å²) >= 11 is 8.08. The lowest BCUT2D eigenvalue weighted by Crippen LogP contribution is -2.23. The first kappa shape index (κ1) is 13.0. The highest BCUT2D eigenvalue weighted by molar-refractivity contribution is 7.19. The van der Waals surface area contributed by atoms with Gasteiger partial charge in [0.25, 0.3) is 0 Å². The molecule has 0 saturated heterocycles. The first-order valence-corrected chi connectivity index (χ1v) is 6.71. The highest BCUT2D eigenvalue weighted by Crippen LogP contribution is 2.35. The van der Waals surface area contributed by atoms with Gasteiger partial charge >= 0.3 is 0 Å². The lowest BCUT2D eigenvalue weighted by atomic mass is 10.2. The van der Waals surface area contributed by atoms with Crippen LogP contribution in [0, 0.1) is 24.7 Å². The minimum absolute atomic E-state index is 0.536. The summed E-state index contributed by atoms with van der Waals surface area (Å²) in [5, 5.41) is 1.91. The van der Waals surface area contributed by atoms with Crippen molar-refractivity contribution in [3.63, 3.8) is 0 Å². The Kier molecular flexibility index (Phi) is 4.28. The van der Waals surface area contributed by atoms with Gasteiger partial charge in [0.15, 0.2) is 0 Å². The van der Waals surface area contributed by atoms with Gasteiger partial charge in [-0.2, -0.15) is 0 Å². The first-order valence-electron chi connectivity index (χ1n) is 5.51. The molecule has 0 radical (unpaired) electrons. The monoisotopic (exact) mass is 273 g/mol. The van der Waals surface area contributed by atoms with E-state index in [0.29, 0.717) is 19.6 Å². The van der Waals surface area contributed by atoms with E-state index in [1.54, 1.807) is 11.3 Å². The summed E-state index contributed by atoms with van der Waals surface area (Å²) in [6, 6.07) is 8.11. The van der Waals surface area contributed by atoms with Crippen molar-refractivity contribution in [3.05, 3.63) is 34.2 Å². The molecule has 2 rings (SSSR count). The Bertz CT molecular complexity index is 614. The molecule has 0 unspecified atom stereocenters. The number of thiophene rings is 1. The van der Waals surface area contributed by atoms with Gasteiger partial charge in [0.2, 0.25) is 0 Å². The van der Waals surface area contributed by atoms with E-state index in [9.17, 15) is 0 Å². The number of rotatable bonds is 4. The second-order valence-corrected chi connectivity index (χ2v) is 5.40. The van der Waals surface area contributed by atoms with Crippen molar-refractivity contribution in [2.45, 2.75) is 6.54 Å². The van der Waals surface area contributed by atoms with Gasteiger partial charge in [-0.3, -0.25) is 4.90 Å². The lowest BCUT2D eigenvalue weighted by Gasteiger charge is -2.15. The molecular formula is C15H12ClNS. The van der Waals surface area contributed by atoms with Crippen LogP contribution in [0.15, 0.2) is 24.3 Å². The number of terminal acetylenes is 2. The van der Waals surface area contributed by atoms with Gasteiger partial charge in [0.1, 0.15) is 0 Å². The maximum absolute atomic E-state index is 6.38. The maximum Gasteiger partial charge on any atom is 0.0637 e. The van der Waals surface area contributed by atoms with E-state index in [1.807, 2.05) is 23.1 Å². The van der Waals surface area contributed by atoms with Gasteiger partial charge in [-0.05, 0) is 6.07 Å². The molecule has 2 aromatic rings. The molecule has 3 heteroatoms. The summed E-state index contributed by atoms with van der Waals surface area (Å²) in [4.78, 5) is 3.14. The number of halogens is 1. The number of fused-ring (bicyclic) bond motifs is 1. The number of benzene rings is 1. The van der Waals surface area contributed by atoms with Crippen LogP contribution in [0.1, 0.15) is 4.88 Å². The molecule has 0 aliphatic heterocycles. The molecule has 0 saturated carbocycles. The Labute approximate surface area is 116 Å². The third-order valence-corrected chi connectivity index (χ3v) is 4.30. The van der Waals surface area contributed by atoms with Crippen molar-refractivity contribution in [2.24, 2.45) is 0 Å². The largest absolute Gasteiger partial charge is 0.276 e. The van der Waals surface area contributed by atoms with E-state index >= 15 is 0 Å². The molecule has 0 spiro atoms. The van der Waals surface area contributed by atoms with Crippen LogP contribution in [-0.4, -0.2) is 18.0 Å². The normalized spacial score (nSPS) is 10.4. The standard InChI is InChI=1S/C15H12ClNS/c1-3-9-17(10-4-2)11-14-15(16)12-7-5-6-8-13(12)18-14/h1-2,5-8H,9-11H2. The van der Waals surface area contributed by atoms with Crippen LogP contribution in [0.2, 0.25) is 5.02 Å². The van der Waals surface area contributed by atoms with E-state index in [1.165, 1.54) is 4.70 Å². The molecule has 0 amide bonds. The van der Waals surface area contributed by atoms with E-state index in [-0.39, 0.29) is 0 Å². The third kappa shape index (κ3) is 2.68. The quantitative estimate of drug-likeness (QED) is 0.769. The van der Waals surface area contributed by atoms with Crippen molar-refractivity contribution in [1.82, 2.24) is 4.90 Å². The molecule has 0 aliphatic rings. The fourth-order valence-corrected chi connectivity index (χ4v) is 3.33.